The lowest BCUT2D eigenvalue weighted by atomic mass is 10.1. The first kappa shape index (κ1) is 9.67. The van der Waals surface area contributed by atoms with Gasteiger partial charge in [0.15, 0.2) is 11.5 Å². The van der Waals surface area contributed by atoms with E-state index >= 15 is 0 Å². The molecule has 1 amide bonds. The number of fused-ring (bicyclic) bond motifs is 1. The van der Waals surface area contributed by atoms with Gasteiger partial charge < -0.3 is 15.9 Å². The number of oxazole rings is 1. The van der Waals surface area contributed by atoms with Gasteiger partial charge in [0.05, 0.1) is 0 Å². The second-order valence-corrected chi connectivity index (χ2v) is 3.34. The number of aryl methyl sites for hydroxylation is 1. The van der Waals surface area contributed by atoms with Crippen molar-refractivity contribution in [1.82, 2.24) is 4.98 Å². The Balaban J connectivity index is 2.50. The number of carbonyl (C=O) groups excluding carboxylic acids is 1. The summed E-state index contributed by atoms with van der Waals surface area (Å²) in [6, 6.07) is 4.35. The Morgan fingerprint density at radius 1 is 1.53 bits per heavy atom. The summed E-state index contributed by atoms with van der Waals surface area (Å²) < 4.78 is 5.29. The molecule has 0 aliphatic heterocycles. The van der Waals surface area contributed by atoms with Crippen molar-refractivity contribution in [3.05, 3.63) is 29.7 Å². The number of rotatable bonds is 2. The number of hydrogen-bond acceptors (Lipinski definition) is 4. The highest BCUT2D eigenvalue weighted by Gasteiger charge is 2.13. The van der Waals surface area contributed by atoms with Gasteiger partial charge in [-0.3, -0.25) is 4.79 Å². The van der Waals surface area contributed by atoms with Gasteiger partial charge in [0.2, 0.25) is 5.91 Å². The average Bonchev–Trinajstić information content (AvgIpc) is 2.55. The van der Waals surface area contributed by atoms with Crippen LogP contribution in [0, 0.1) is 6.92 Å². The predicted octanol–water partition coefficient (Wildman–Crippen LogP) is 0.621. The van der Waals surface area contributed by atoms with Crippen molar-refractivity contribution < 1.29 is 9.21 Å². The smallest absolute Gasteiger partial charge is 0.238 e. The van der Waals surface area contributed by atoms with Crippen LogP contribution in [0.1, 0.15) is 17.5 Å². The predicted molar refractivity (Wildman–Crippen MR) is 54.9 cm³/mol. The van der Waals surface area contributed by atoms with Crippen LogP contribution in [0.25, 0.3) is 11.1 Å². The minimum absolute atomic E-state index is 0.561. The first-order valence-corrected chi connectivity index (χ1v) is 4.50. The van der Waals surface area contributed by atoms with Crippen LogP contribution in [0.4, 0.5) is 0 Å². The number of hydrogen-bond donors (Lipinski definition) is 2. The molecule has 4 N–H and O–H groups in total. The van der Waals surface area contributed by atoms with Crippen molar-refractivity contribution in [2.24, 2.45) is 11.5 Å². The molecule has 1 unspecified atom stereocenters. The molecule has 0 saturated carbocycles. The van der Waals surface area contributed by atoms with E-state index in [1.807, 2.05) is 0 Å². The van der Waals surface area contributed by atoms with Gasteiger partial charge in [-0.25, -0.2) is 4.98 Å². The topological polar surface area (TPSA) is 95.1 Å². The number of primary amides is 1. The molecule has 0 aliphatic carbocycles. The van der Waals surface area contributed by atoms with E-state index in [0.717, 1.165) is 0 Å². The zero-order valence-corrected chi connectivity index (χ0v) is 8.23. The zero-order chi connectivity index (χ0) is 11.0. The van der Waals surface area contributed by atoms with Crippen molar-refractivity contribution >= 4 is 17.0 Å². The molecule has 1 atom stereocenters. The van der Waals surface area contributed by atoms with Crippen LogP contribution >= 0.6 is 0 Å². The highest BCUT2D eigenvalue weighted by atomic mass is 16.3. The highest BCUT2D eigenvalue weighted by Crippen LogP contribution is 2.19. The van der Waals surface area contributed by atoms with E-state index in [1.54, 1.807) is 25.1 Å². The van der Waals surface area contributed by atoms with Crippen LogP contribution < -0.4 is 11.5 Å². The molecule has 0 radical (unpaired) electrons. The van der Waals surface area contributed by atoms with E-state index in [0.29, 0.717) is 22.6 Å². The molecule has 0 aliphatic rings. The van der Waals surface area contributed by atoms with Gasteiger partial charge in [0.25, 0.3) is 0 Å². The quantitative estimate of drug-likeness (QED) is 0.751. The summed E-state index contributed by atoms with van der Waals surface area (Å²) in [7, 11) is 0. The van der Waals surface area contributed by atoms with Crippen LogP contribution in [-0.2, 0) is 4.79 Å². The molecule has 1 heterocycles. The second-order valence-electron chi connectivity index (χ2n) is 3.34. The third-order valence-corrected chi connectivity index (χ3v) is 2.18. The van der Waals surface area contributed by atoms with Gasteiger partial charge in [-0.05, 0) is 17.7 Å². The minimum Gasteiger partial charge on any atom is -0.441 e. The fourth-order valence-electron chi connectivity index (χ4n) is 1.42. The molecule has 5 nitrogen and oxygen atoms in total. The molecule has 1 aromatic heterocycles. The van der Waals surface area contributed by atoms with E-state index in [9.17, 15) is 4.79 Å². The monoisotopic (exact) mass is 205 g/mol. The van der Waals surface area contributed by atoms with Crippen molar-refractivity contribution in [3.8, 4) is 0 Å². The zero-order valence-electron chi connectivity index (χ0n) is 8.23. The van der Waals surface area contributed by atoms with E-state index in [1.165, 1.54) is 0 Å². The molecular formula is C10H11N3O2. The summed E-state index contributed by atoms with van der Waals surface area (Å²) in [5, 5.41) is 0. The van der Waals surface area contributed by atoms with Crippen molar-refractivity contribution in [2.75, 3.05) is 0 Å². The molecule has 2 aromatic rings. The Kier molecular flexibility index (Phi) is 2.17. The molecule has 78 valence electrons. The van der Waals surface area contributed by atoms with Crippen molar-refractivity contribution in [3.63, 3.8) is 0 Å². The van der Waals surface area contributed by atoms with Crippen LogP contribution in [0.5, 0.6) is 0 Å². The fraction of sp³-hybridized carbons (Fsp3) is 0.200. The van der Waals surface area contributed by atoms with Crippen molar-refractivity contribution in [1.29, 1.82) is 0 Å². The Bertz CT molecular complexity index is 518. The largest absolute Gasteiger partial charge is 0.441 e. The van der Waals surface area contributed by atoms with Crippen molar-refractivity contribution in [2.45, 2.75) is 13.0 Å². The Morgan fingerprint density at radius 2 is 2.27 bits per heavy atom. The lowest BCUT2D eigenvalue weighted by Gasteiger charge is -2.06. The number of nitrogens with zero attached hydrogens (tertiary/aromatic N) is 1. The second kappa shape index (κ2) is 3.36. The lowest BCUT2D eigenvalue weighted by Crippen LogP contribution is -2.28. The van der Waals surface area contributed by atoms with Gasteiger partial charge in [0, 0.05) is 6.92 Å². The first-order valence-electron chi connectivity index (χ1n) is 4.50. The Hall–Kier alpha value is -1.88. The number of nitrogens with two attached hydrogens (primary N) is 2. The van der Waals surface area contributed by atoms with Crippen LogP contribution in [0.3, 0.4) is 0 Å². The standard InChI is InChI=1S/C10H11N3O2/c1-5-13-7-4-6(9(11)10(12)14)2-3-8(7)15-5/h2-4,9H,11H2,1H3,(H2,12,14). The van der Waals surface area contributed by atoms with Gasteiger partial charge in [-0.2, -0.15) is 0 Å². The van der Waals surface area contributed by atoms with E-state index in [-0.39, 0.29) is 0 Å². The summed E-state index contributed by atoms with van der Waals surface area (Å²) in [6.45, 7) is 1.76. The molecule has 2 rings (SSSR count). The minimum atomic E-state index is -0.800. The molecule has 0 saturated heterocycles. The maximum atomic E-state index is 10.9. The van der Waals surface area contributed by atoms with E-state index in [2.05, 4.69) is 4.98 Å². The first-order chi connectivity index (χ1) is 7.08. The van der Waals surface area contributed by atoms with Gasteiger partial charge >= 0.3 is 0 Å². The summed E-state index contributed by atoms with van der Waals surface area (Å²) in [5.74, 6) is 0.0179. The van der Waals surface area contributed by atoms with Gasteiger partial charge in [0.1, 0.15) is 11.6 Å². The Labute approximate surface area is 86.1 Å². The Morgan fingerprint density at radius 3 is 2.93 bits per heavy atom. The summed E-state index contributed by atoms with van der Waals surface area (Å²) in [4.78, 5) is 15.0. The van der Waals surface area contributed by atoms with E-state index < -0.39 is 11.9 Å². The van der Waals surface area contributed by atoms with Gasteiger partial charge in [-0.15, -0.1) is 0 Å². The maximum absolute atomic E-state index is 10.9. The van der Waals surface area contributed by atoms with Gasteiger partial charge in [-0.1, -0.05) is 6.07 Å². The van der Waals surface area contributed by atoms with Crippen LogP contribution in [-0.4, -0.2) is 10.9 Å². The number of benzene rings is 1. The molecule has 1 aromatic carbocycles. The van der Waals surface area contributed by atoms with Crippen LogP contribution in [0.15, 0.2) is 22.6 Å². The molecule has 15 heavy (non-hydrogen) atoms. The molecular weight excluding hydrogens is 194 g/mol. The summed E-state index contributed by atoms with van der Waals surface area (Å²) in [6.07, 6.45) is 0. The number of carbonyl (C=O) groups is 1. The lowest BCUT2D eigenvalue weighted by molar-refractivity contribution is -0.119. The fourth-order valence-corrected chi connectivity index (χ4v) is 1.42. The number of amides is 1. The SMILES string of the molecule is Cc1nc2cc(C(N)C(N)=O)ccc2o1. The summed E-state index contributed by atoms with van der Waals surface area (Å²) in [5.41, 5.74) is 12.7. The molecule has 5 heteroatoms. The normalized spacial score (nSPS) is 12.9. The molecule has 0 spiro atoms. The average molecular weight is 205 g/mol. The third-order valence-electron chi connectivity index (χ3n) is 2.18. The van der Waals surface area contributed by atoms with Crippen LogP contribution in [0.2, 0.25) is 0 Å². The molecule has 0 fully saturated rings. The number of aromatic nitrogens is 1. The highest BCUT2D eigenvalue weighted by molar-refractivity contribution is 5.83. The van der Waals surface area contributed by atoms with E-state index in [4.69, 9.17) is 15.9 Å². The summed E-state index contributed by atoms with van der Waals surface area (Å²) >= 11 is 0. The maximum Gasteiger partial charge on any atom is 0.238 e. The third kappa shape index (κ3) is 1.69. The molecule has 0 bridgehead atoms.